The lowest BCUT2D eigenvalue weighted by molar-refractivity contribution is 0.273. The van der Waals surface area contributed by atoms with Crippen LogP contribution in [0.3, 0.4) is 0 Å². The lowest BCUT2D eigenvalue weighted by Gasteiger charge is -2.14. The van der Waals surface area contributed by atoms with Crippen LogP contribution in [0.2, 0.25) is 0 Å². The van der Waals surface area contributed by atoms with E-state index in [2.05, 4.69) is 50.1 Å². The standard InChI is InChI=1S/C22H37NO/c1-4-13-19-15-12-16-20(19)14-10-8-6-5-7-9-11-17-21-23-22(2,3)18-24-21/h10,12,14,16,19-20H,4-9,11,13,15,17-18H2,1-3H3/b14-10+. The third kappa shape index (κ3) is 6.83. The van der Waals surface area contributed by atoms with Crippen LogP contribution >= 0.6 is 0 Å². The third-order valence-corrected chi connectivity index (χ3v) is 5.14. The Morgan fingerprint density at radius 1 is 1.21 bits per heavy atom. The van der Waals surface area contributed by atoms with Crippen molar-refractivity contribution in [1.82, 2.24) is 0 Å². The van der Waals surface area contributed by atoms with Crippen molar-refractivity contribution in [2.24, 2.45) is 16.8 Å². The number of hydrogen-bond acceptors (Lipinski definition) is 2. The molecule has 1 aliphatic carbocycles. The molecule has 0 N–H and O–H groups in total. The molecule has 0 amide bonds. The van der Waals surface area contributed by atoms with Gasteiger partial charge in [0.2, 0.25) is 0 Å². The fourth-order valence-electron chi connectivity index (χ4n) is 3.74. The van der Waals surface area contributed by atoms with Crippen molar-refractivity contribution in [3.05, 3.63) is 24.3 Å². The van der Waals surface area contributed by atoms with Gasteiger partial charge in [0.25, 0.3) is 0 Å². The van der Waals surface area contributed by atoms with Gasteiger partial charge in [-0.05, 0) is 57.8 Å². The van der Waals surface area contributed by atoms with Gasteiger partial charge >= 0.3 is 0 Å². The Morgan fingerprint density at radius 3 is 2.75 bits per heavy atom. The molecule has 0 fully saturated rings. The average Bonchev–Trinajstić information content (AvgIpc) is 3.12. The van der Waals surface area contributed by atoms with E-state index in [4.69, 9.17) is 4.74 Å². The highest BCUT2D eigenvalue weighted by Gasteiger charge is 2.25. The van der Waals surface area contributed by atoms with Crippen molar-refractivity contribution in [3.8, 4) is 0 Å². The van der Waals surface area contributed by atoms with E-state index in [1.807, 2.05) is 0 Å². The highest BCUT2D eigenvalue weighted by Crippen LogP contribution is 2.30. The summed E-state index contributed by atoms with van der Waals surface area (Å²) in [7, 11) is 0. The molecule has 2 rings (SSSR count). The third-order valence-electron chi connectivity index (χ3n) is 5.14. The Kier molecular flexibility index (Phi) is 8.08. The molecule has 0 radical (unpaired) electrons. The molecule has 2 heteroatoms. The molecule has 136 valence electrons. The number of rotatable bonds is 11. The van der Waals surface area contributed by atoms with Gasteiger partial charge < -0.3 is 4.74 Å². The average molecular weight is 332 g/mol. The van der Waals surface area contributed by atoms with E-state index >= 15 is 0 Å². The number of hydrogen-bond donors (Lipinski definition) is 0. The largest absolute Gasteiger partial charge is 0.478 e. The van der Waals surface area contributed by atoms with Gasteiger partial charge in [-0.3, -0.25) is 0 Å². The molecule has 0 aromatic rings. The van der Waals surface area contributed by atoms with Gasteiger partial charge in [-0.2, -0.15) is 0 Å². The summed E-state index contributed by atoms with van der Waals surface area (Å²) in [5.41, 5.74) is 0.00626. The van der Waals surface area contributed by atoms with Gasteiger partial charge in [0, 0.05) is 6.42 Å². The summed E-state index contributed by atoms with van der Waals surface area (Å²) in [4.78, 5) is 4.62. The molecule has 2 atom stereocenters. The minimum atomic E-state index is 0.00626. The van der Waals surface area contributed by atoms with E-state index < -0.39 is 0 Å². The van der Waals surface area contributed by atoms with Crippen molar-refractivity contribution < 1.29 is 4.74 Å². The van der Waals surface area contributed by atoms with Gasteiger partial charge in [0.1, 0.15) is 6.61 Å². The van der Waals surface area contributed by atoms with E-state index in [9.17, 15) is 0 Å². The highest BCUT2D eigenvalue weighted by atomic mass is 16.5. The molecule has 0 spiro atoms. The summed E-state index contributed by atoms with van der Waals surface area (Å²) in [5.74, 6) is 2.56. The molecule has 24 heavy (non-hydrogen) atoms. The lowest BCUT2D eigenvalue weighted by atomic mass is 9.91. The molecule has 0 saturated heterocycles. The van der Waals surface area contributed by atoms with Crippen LogP contribution in [0.4, 0.5) is 0 Å². The monoisotopic (exact) mass is 331 g/mol. The second-order valence-corrected chi connectivity index (χ2v) is 8.13. The van der Waals surface area contributed by atoms with E-state index in [1.54, 1.807) is 0 Å². The number of unbranched alkanes of at least 4 members (excludes halogenated alkanes) is 5. The van der Waals surface area contributed by atoms with Crippen molar-refractivity contribution in [2.75, 3.05) is 6.61 Å². The molecule has 2 nitrogen and oxygen atoms in total. The van der Waals surface area contributed by atoms with Crippen molar-refractivity contribution in [1.29, 1.82) is 0 Å². The van der Waals surface area contributed by atoms with E-state index in [1.165, 1.54) is 57.8 Å². The summed E-state index contributed by atoms with van der Waals surface area (Å²) in [6, 6.07) is 0. The Bertz CT molecular complexity index is 447. The molecular weight excluding hydrogens is 294 g/mol. The predicted octanol–water partition coefficient (Wildman–Crippen LogP) is 6.47. The molecule has 2 unspecified atom stereocenters. The van der Waals surface area contributed by atoms with Crippen molar-refractivity contribution in [3.63, 3.8) is 0 Å². The van der Waals surface area contributed by atoms with Crippen molar-refractivity contribution >= 4 is 5.90 Å². The van der Waals surface area contributed by atoms with Gasteiger partial charge in [0.05, 0.1) is 5.54 Å². The zero-order valence-electron chi connectivity index (χ0n) is 16.1. The Labute approximate surface area is 149 Å². The van der Waals surface area contributed by atoms with Crippen LogP contribution in [-0.4, -0.2) is 18.0 Å². The predicted molar refractivity (Wildman–Crippen MR) is 105 cm³/mol. The summed E-state index contributed by atoms with van der Waals surface area (Å²) < 4.78 is 5.64. The maximum Gasteiger partial charge on any atom is 0.183 e. The Hall–Kier alpha value is -1.05. The van der Waals surface area contributed by atoms with Crippen molar-refractivity contribution in [2.45, 2.75) is 90.5 Å². The highest BCUT2D eigenvalue weighted by molar-refractivity contribution is 5.78. The Balaban J connectivity index is 1.46. The molecule has 2 aliphatic rings. The van der Waals surface area contributed by atoms with Gasteiger partial charge in [0.15, 0.2) is 5.90 Å². The molecule has 1 heterocycles. The summed E-state index contributed by atoms with van der Waals surface area (Å²) in [5, 5.41) is 0. The van der Waals surface area contributed by atoms with Gasteiger partial charge in [-0.15, -0.1) is 0 Å². The quantitative estimate of drug-likeness (QED) is 0.314. The first kappa shape index (κ1) is 19.3. The first-order chi connectivity index (χ1) is 11.6. The van der Waals surface area contributed by atoms with Crippen LogP contribution in [0.25, 0.3) is 0 Å². The van der Waals surface area contributed by atoms with E-state index in [0.717, 1.165) is 24.8 Å². The minimum absolute atomic E-state index is 0.00626. The van der Waals surface area contributed by atoms with Crippen LogP contribution in [0.1, 0.15) is 85.0 Å². The topological polar surface area (TPSA) is 21.6 Å². The summed E-state index contributed by atoms with van der Waals surface area (Å²) in [6.07, 6.45) is 22.4. The Morgan fingerprint density at radius 2 is 2.00 bits per heavy atom. The molecule has 1 aliphatic heterocycles. The van der Waals surface area contributed by atoms with Crippen LogP contribution in [-0.2, 0) is 4.74 Å². The molecule has 0 aromatic heterocycles. The second kappa shape index (κ2) is 10.1. The molecule has 0 aromatic carbocycles. The maximum absolute atomic E-state index is 5.64. The molecule has 0 bridgehead atoms. The number of nitrogens with zero attached hydrogens (tertiary/aromatic N) is 1. The number of ether oxygens (including phenoxy) is 1. The zero-order chi connectivity index (χ0) is 17.3. The van der Waals surface area contributed by atoms with Gasteiger partial charge in [-0.1, -0.05) is 56.9 Å². The maximum atomic E-state index is 5.64. The number of aliphatic imine (C=N–C) groups is 1. The minimum Gasteiger partial charge on any atom is -0.478 e. The second-order valence-electron chi connectivity index (χ2n) is 8.13. The lowest BCUT2D eigenvalue weighted by Crippen LogP contribution is -2.17. The van der Waals surface area contributed by atoms with Crippen LogP contribution < -0.4 is 0 Å². The SMILES string of the molecule is CCCC1CC=CC1/C=C/CCCCCCCC1=NC(C)(C)CO1. The first-order valence-corrected chi connectivity index (χ1v) is 10.2. The fourth-order valence-corrected chi connectivity index (χ4v) is 3.74. The first-order valence-electron chi connectivity index (χ1n) is 10.2. The smallest absolute Gasteiger partial charge is 0.183 e. The number of allylic oxidation sites excluding steroid dienone is 4. The van der Waals surface area contributed by atoms with Crippen LogP contribution in [0.5, 0.6) is 0 Å². The van der Waals surface area contributed by atoms with Gasteiger partial charge in [-0.25, -0.2) is 4.99 Å². The van der Waals surface area contributed by atoms with E-state index in [-0.39, 0.29) is 5.54 Å². The zero-order valence-corrected chi connectivity index (χ0v) is 16.1. The molecule has 0 saturated carbocycles. The van der Waals surface area contributed by atoms with Crippen LogP contribution in [0.15, 0.2) is 29.3 Å². The normalized spacial score (nSPS) is 25.4. The van der Waals surface area contributed by atoms with Crippen LogP contribution in [0, 0.1) is 11.8 Å². The molecular formula is C22H37NO. The fraction of sp³-hybridized carbons (Fsp3) is 0.773. The van der Waals surface area contributed by atoms with E-state index in [0.29, 0.717) is 5.92 Å². The summed E-state index contributed by atoms with van der Waals surface area (Å²) >= 11 is 0. The summed E-state index contributed by atoms with van der Waals surface area (Å²) in [6.45, 7) is 7.33.